The maximum atomic E-state index is 5.86. The molecule has 3 aromatic rings. The van der Waals surface area contributed by atoms with Gasteiger partial charge in [-0.1, -0.05) is 25.6 Å². The molecule has 3 heterocycles. The number of hydrogen-bond acceptors (Lipinski definition) is 6. The number of aromatic nitrogens is 3. The molecule has 1 N–H and O–H groups in total. The molecule has 0 bridgehead atoms. The first-order valence-electron chi connectivity index (χ1n) is 10.1. The van der Waals surface area contributed by atoms with Crippen molar-refractivity contribution in [1.82, 2.24) is 15.0 Å². The molecule has 29 heavy (non-hydrogen) atoms. The number of hydrogen-bond donors (Lipinski definition) is 1. The van der Waals surface area contributed by atoms with Crippen LogP contribution in [0.1, 0.15) is 37.1 Å². The second-order valence-electron chi connectivity index (χ2n) is 6.48. The fourth-order valence-electron chi connectivity index (χ4n) is 3.11. The maximum absolute atomic E-state index is 5.86. The summed E-state index contributed by atoms with van der Waals surface area (Å²) in [6.45, 7) is 8.16. The summed E-state index contributed by atoms with van der Waals surface area (Å²) in [5.41, 5.74) is 5.33. The minimum atomic E-state index is 0.640. The topological polar surface area (TPSA) is 69.3 Å². The van der Waals surface area contributed by atoms with Gasteiger partial charge in [-0.15, -0.1) is 0 Å². The van der Waals surface area contributed by atoms with Gasteiger partial charge in [0.05, 0.1) is 29.9 Å². The quantitative estimate of drug-likeness (QED) is 0.415. The zero-order valence-electron chi connectivity index (χ0n) is 17.6. The Kier molecular flexibility index (Phi) is 7.77. The van der Waals surface area contributed by atoms with E-state index in [2.05, 4.69) is 27.9 Å². The van der Waals surface area contributed by atoms with E-state index < -0.39 is 0 Å². The highest BCUT2D eigenvalue weighted by Crippen LogP contribution is 2.32. The summed E-state index contributed by atoms with van der Waals surface area (Å²) in [6, 6.07) is 6.09. The van der Waals surface area contributed by atoms with Gasteiger partial charge in [-0.25, -0.2) is 4.98 Å². The van der Waals surface area contributed by atoms with Crippen LogP contribution in [0.2, 0.25) is 0 Å². The van der Waals surface area contributed by atoms with E-state index in [-0.39, 0.29) is 0 Å². The first-order chi connectivity index (χ1) is 14.2. The normalized spacial score (nSPS) is 12.3. The number of pyridine rings is 1. The molecular weight excluding hydrogens is 386 g/mol. The molecule has 2 aromatic heterocycles. The van der Waals surface area contributed by atoms with Gasteiger partial charge in [-0.05, 0) is 24.6 Å². The van der Waals surface area contributed by atoms with Gasteiger partial charge in [0.15, 0.2) is 5.16 Å². The highest BCUT2D eigenvalue weighted by Gasteiger charge is 2.15. The highest BCUT2D eigenvalue weighted by molar-refractivity contribution is 7.98. The van der Waals surface area contributed by atoms with Gasteiger partial charge >= 0.3 is 0 Å². The van der Waals surface area contributed by atoms with Crippen LogP contribution < -0.4 is 9.47 Å². The first-order valence-corrected chi connectivity index (χ1v) is 11.1. The van der Waals surface area contributed by atoms with Crippen LogP contribution in [-0.2, 0) is 16.9 Å². The number of imidazole rings is 1. The van der Waals surface area contributed by atoms with Crippen molar-refractivity contribution in [2.24, 2.45) is 0 Å². The van der Waals surface area contributed by atoms with Crippen molar-refractivity contribution < 1.29 is 14.2 Å². The van der Waals surface area contributed by atoms with Crippen molar-refractivity contribution in [2.45, 2.75) is 44.5 Å². The van der Waals surface area contributed by atoms with Crippen molar-refractivity contribution in [3.8, 4) is 11.5 Å². The van der Waals surface area contributed by atoms with Crippen LogP contribution in [0.15, 0.2) is 29.6 Å². The van der Waals surface area contributed by atoms with Crippen LogP contribution >= 0.6 is 11.8 Å². The van der Waals surface area contributed by atoms with Crippen molar-refractivity contribution in [2.75, 3.05) is 26.9 Å². The Labute approximate surface area is 176 Å². The Hall–Kier alpha value is -2.25. The predicted octanol–water partition coefficient (Wildman–Crippen LogP) is 4.94. The van der Waals surface area contributed by atoms with E-state index in [0.29, 0.717) is 13.2 Å². The molecule has 1 aliphatic rings. The SMILES string of the molecule is CC.COCCCOc1ccnc(CSc2nc3cc4c(cc3[nH]2)CCO4)c1C. The minimum Gasteiger partial charge on any atom is -0.493 e. The van der Waals surface area contributed by atoms with Crippen LogP contribution in [-0.4, -0.2) is 41.9 Å². The third kappa shape index (κ3) is 5.22. The molecule has 0 fully saturated rings. The number of thioether (sulfide) groups is 1. The second-order valence-corrected chi connectivity index (χ2v) is 7.45. The lowest BCUT2D eigenvalue weighted by Crippen LogP contribution is -2.04. The Bertz CT molecular complexity index is 901. The van der Waals surface area contributed by atoms with Crippen LogP contribution in [0.5, 0.6) is 11.5 Å². The van der Waals surface area contributed by atoms with Crippen molar-refractivity contribution in [1.29, 1.82) is 0 Å². The van der Waals surface area contributed by atoms with Crippen molar-refractivity contribution in [3.63, 3.8) is 0 Å². The molecule has 0 saturated heterocycles. The first kappa shape index (κ1) is 21.5. The molecule has 0 spiro atoms. The molecule has 0 radical (unpaired) electrons. The largest absolute Gasteiger partial charge is 0.493 e. The summed E-state index contributed by atoms with van der Waals surface area (Å²) in [6.07, 6.45) is 3.64. The van der Waals surface area contributed by atoms with Gasteiger partial charge in [-0.3, -0.25) is 4.98 Å². The number of H-pyrrole nitrogens is 1. The zero-order valence-corrected chi connectivity index (χ0v) is 18.4. The Morgan fingerprint density at radius 1 is 1.24 bits per heavy atom. The van der Waals surface area contributed by atoms with Crippen molar-refractivity contribution in [3.05, 3.63) is 41.2 Å². The monoisotopic (exact) mass is 415 g/mol. The fraction of sp³-hybridized carbons (Fsp3) is 0.455. The Morgan fingerprint density at radius 2 is 2.10 bits per heavy atom. The maximum Gasteiger partial charge on any atom is 0.166 e. The lowest BCUT2D eigenvalue weighted by molar-refractivity contribution is 0.172. The van der Waals surface area contributed by atoms with Crippen LogP contribution in [0, 0.1) is 6.92 Å². The zero-order chi connectivity index (χ0) is 20.6. The molecule has 0 atom stereocenters. The molecule has 0 amide bonds. The molecule has 1 aromatic carbocycles. The van der Waals surface area contributed by atoms with E-state index in [1.54, 1.807) is 25.1 Å². The highest BCUT2D eigenvalue weighted by atomic mass is 32.2. The summed E-state index contributed by atoms with van der Waals surface area (Å²) < 4.78 is 16.5. The van der Waals surface area contributed by atoms with Crippen LogP contribution in [0.4, 0.5) is 0 Å². The van der Waals surface area contributed by atoms with E-state index in [4.69, 9.17) is 14.2 Å². The molecule has 0 unspecified atom stereocenters. The smallest absolute Gasteiger partial charge is 0.166 e. The lowest BCUT2D eigenvalue weighted by Gasteiger charge is -2.11. The van der Waals surface area contributed by atoms with Crippen LogP contribution in [0.3, 0.4) is 0 Å². The number of ether oxygens (including phenoxy) is 3. The van der Waals surface area contributed by atoms with Gasteiger partial charge in [0, 0.05) is 50.1 Å². The molecule has 4 rings (SSSR count). The van der Waals surface area contributed by atoms with Gasteiger partial charge in [0.25, 0.3) is 0 Å². The minimum absolute atomic E-state index is 0.640. The molecule has 6 nitrogen and oxygen atoms in total. The van der Waals surface area contributed by atoms with E-state index in [0.717, 1.165) is 64.1 Å². The summed E-state index contributed by atoms with van der Waals surface area (Å²) in [5, 5.41) is 0.890. The van der Waals surface area contributed by atoms with Crippen molar-refractivity contribution >= 4 is 22.8 Å². The lowest BCUT2D eigenvalue weighted by atomic mass is 10.1. The number of methoxy groups -OCH3 is 1. The Balaban J connectivity index is 0.00000117. The number of aromatic amines is 1. The number of benzene rings is 1. The third-order valence-electron chi connectivity index (χ3n) is 4.63. The summed E-state index contributed by atoms with van der Waals surface area (Å²) in [4.78, 5) is 12.6. The standard InChI is InChI=1S/C20H23N3O3S.C2H6/c1-13-17(21-6-4-18(13)25-8-3-7-24-2)12-27-20-22-15-10-14-5-9-26-19(14)11-16(15)23-20;1-2/h4,6,10-11H,3,5,7-9,12H2,1-2H3,(H,22,23);1-2H3. The van der Waals surface area contributed by atoms with Gasteiger partial charge < -0.3 is 19.2 Å². The number of nitrogens with zero attached hydrogens (tertiary/aromatic N) is 2. The number of fused-ring (bicyclic) bond motifs is 2. The van der Waals surface area contributed by atoms with E-state index in [1.807, 2.05) is 26.0 Å². The summed E-state index contributed by atoms with van der Waals surface area (Å²) >= 11 is 1.65. The molecule has 7 heteroatoms. The molecule has 1 aliphatic heterocycles. The Morgan fingerprint density at radius 3 is 2.93 bits per heavy atom. The van der Waals surface area contributed by atoms with Crippen LogP contribution in [0.25, 0.3) is 11.0 Å². The molecule has 0 aliphatic carbocycles. The van der Waals surface area contributed by atoms with Gasteiger partial charge in [-0.2, -0.15) is 0 Å². The molecule has 0 saturated carbocycles. The van der Waals surface area contributed by atoms with E-state index in [9.17, 15) is 0 Å². The van der Waals surface area contributed by atoms with E-state index >= 15 is 0 Å². The van der Waals surface area contributed by atoms with E-state index in [1.165, 1.54) is 5.56 Å². The molecule has 156 valence electrons. The fourth-order valence-corrected chi connectivity index (χ4v) is 4.02. The number of nitrogens with one attached hydrogen (secondary N) is 1. The number of rotatable bonds is 8. The van der Waals surface area contributed by atoms with Gasteiger partial charge in [0.1, 0.15) is 11.5 Å². The van der Waals surface area contributed by atoms with Gasteiger partial charge in [0.2, 0.25) is 0 Å². The molecular formula is C22H29N3O3S. The summed E-state index contributed by atoms with van der Waals surface area (Å²) in [5.74, 6) is 2.58. The predicted molar refractivity (Wildman–Crippen MR) is 117 cm³/mol. The third-order valence-corrected chi connectivity index (χ3v) is 5.51. The average Bonchev–Trinajstić information content (AvgIpc) is 3.36. The summed E-state index contributed by atoms with van der Waals surface area (Å²) in [7, 11) is 1.70. The second kappa shape index (κ2) is 10.5. The average molecular weight is 416 g/mol.